The Morgan fingerprint density at radius 2 is 1.82 bits per heavy atom. The van der Waals surface area contributed by atoms with E-state index in [-0.39, 0.29) is 0 Å². The van der Waals surface area contributed by atoms with Gasteiger partial charge in [-0.05, 0) is 12.8 Å². The summed E-state index contributed by atoms with van der Waals surface area (Å²) in [6.07, 6.45) is 6.24. The standard InChI is InChI=1S/C9H21NO/c1-3-5-6-7-9-11-10-8-4-2/h10H,3-9H2,1-2H3. The molecule has 0 radical (unpaired) electrons. The third-order valence-electron chi connectivity index (χ3n) is 1.55. The maximum absolute atomic E-state index is 5.17. The molecule has 0 aromatic rings. The topological polar surface area (TPSA) is 21.3 Å². The fourth-order valence-electron chi connectivity index (χ4n) is 0.847. The Hall–Kier alpha value is -0.0800. The average Bonchev–Trinajstić information content (AvgIpc) is 2.03. The molecule has 0 aliphatic carbocycles. The number of nitrogens with one attached hydrogen (secondary N) is 1. The zero-order chi connectivity index (χ0) is 8.36. The normalized spacial score (nSPS) is 10.4. The average molecular weight is 159 g/mol. The Kier molecular flexibility index (Phi) is 9.85. The molecular weight excluding hydrogens is 138 g/mol. The first kappa shape index (κ1) is 10.9. The summed E-state index contributed by atoms with van der Waals surface area (Å²) in [5.74, 6) is 0. The summed E-state index contributed by atoms with van der Waals surface area (Å²) in [7, 11) is 0. The maximum atomic E-state index is 5.17. The summed E-state index contributed by atoms with van der Waals surface area (Å²) in [5.41, 5.74) is 2.91. The Labute approximate surface area is 70.3 Å². The van der Waals surface area contributed by atoms with Gasteiger partial charge in [-0.3, -0.25) is 0 Å². The zero-order valence-corrected chi connectivity index (χ0v) is 7.86. The van der Waals surface area contributed by atoms with Crippen molar-refractivity contribution in [2.24, 2.45) is 0 Å². The maximum Gasteiger partial charge on any atom is 0.0682 e. The predicted octanol–water partition coefficient (Wildman–Crippen LogP) is 2.50. The molecule has 0 fully saturated rings. The summed E-state index contributed by atoms with van der Waals surface area (Å²) in [5, 5.41) is 0. The number of hydroxylamine groups is 1. The summed E-state index contributed by atoms with van der Waals surface area (Å²) in [6, 6.07) is 0. The van der Waals surface area contributed by atoms with Crippen molar-refractivity contribution in [1.29, 1.82) is 0 Å². The van der Waals surface area contributed by atoms with E-state index >= 15 is 0 Å². The minimum atomic E-state index is 0.861. The molecule has 0 atom stereocenters. The van der Waals surface area contributed by atoms with Crippen LogP contribution in [-0.2, 0) is 4.84 Å². The van der Waals surface area contributed by atoms with Crippen LogP contribution in [0.1, 0.15) is 46.0 Å². The monoisotopic (exact) mass is 159 g/mol. The largest absolute Gasteiger partial charge is 0.302 e. The first-order valence-electron chi connectivity index (χ1n) is 4.76. The van der Waals surface area contributed by atoms with Crippen molar-refractivity contribution in [2.45, 2.75) is 46.0 Å². The van der Waals surface area contributed by atoms with Crippen LogP contribution in [0.2, 0.25) is 0 Å². The smallest absolute Gasteiger partial charge is 0.0682 e. The van der Waals surface area contributed by atoms with Crippen LogP contribution >= 0.6 is 0 Å². The lowest BCUT2D eigenvalue weighted by Gasteiger charge is -2.03. The predicted molar refractivity (Wildman–Crippen MR) is 48.4 cm³/mol. The summed E-state index contributed by atoms with van der Waals surface area (Å²) < 4.78 is 0. The van der Waals surface area contributed by atoms with Gasteiger partial charge in [0.1, 0.15) is 0 Å². The molecule has 0 aliphatic heterocycles. The van der Waals surface area contributed by atoms with E-state index < -0.39 is 0 Å². The quantitative estimate of drug-likeness (QED) is 0.434. The molecule has 0 aromatic carbocycles. The van der Waals surface area contributed by atoms with Crippen LogP contribution in [0.3, 0.4) is 0 Å². The van der Waals surface area contributed by atoms with Gasteiger partial charge in [-0.1, -0.05) is 33.1 Å². The molecule has 1 N–H and O–H groups in total. The van der Waals surface area contributed by atoms with Gasteiger partial charge in [-0.15, -0.1) is 0 Å². The minimum Gasteiger partial charge on any atom is -0.302 e. The molecule has 0 heterocycles. The van der Waals surface area contributed by atoms with E-state index in [2.05, 4.69) is 19.3 Å². The third-order valence-corrected chi connectivity index (χ3v) is 1.55. The summed E-state index contributed by atoms with van der Waals surface area (Å²) >= 11 is 0. The Morgan fingerprint density at radius 3 is 2.45 bits per heavy atom. The van der Waals surface area contributed by atoms with Gasteiger partial charge in [0, 0.05) is 6.54 Å². The molecule has 68 valence electrons. The highest BCUT2D eigenvalue weighted by molar-refractivity contribution is 4.38. The molecular formula is C9H21NO. The molecule has 0 spiro atoms. The van der Waals surface area contributed by atoms with Crippen LogP contribution in [0.15, 0.2) is 0 Å². The molecule has 0 aliphatic rings. The highest BCUT2D eigenvalue weighted by Gasteiger charge is 1.87. The highest BCUT2D eigenvalue weighted by Crippen LogP contribution is 1.97. The zero-order valence-electron chi connectivity index (χ0n) is 7.86. The van der Waals surface area contributed by atoms with Crippen molar-refractivity contribution in [3.8, 4) is 0 Å². The van der Waals surface area contributed by atoms with Crippen molar-refractivity contribution < 1.29 is 4.84 Å². The van der Waals surface area contributed by atoms with Gasteiger partial charge in [-0.25, -0.2) is 5.48 Å². The fourth-order valence-corrected chi connectivity index (χ4v) is 0.847. The van der Waals surface area contributed by atoms with Crippen LogP contribution in [0, 0.1) is 0 Å². The molecule has 0 rings (SSSR count). The Morgan fingerprint density at radius 1 is 1.00 bits per heavy atom. The van der Waals surface area contributed by atoms with Gasteiger partial charge in [-0.2, -0.15) is 0 Å². The van der Waals surface area contributed by atoms with Crippen LogP contribution in [-0.4, -0.2) is 13.2 Å². The van der Waals surface area contributed by atoms with E-state index in [0.717, 1.165) is 19.6 Å². The van der Waals surface area contributed by atoms with Gasteiger partial charge in [0.25, 0.3) is 0 Å². The van der Waals surface area contributed by atoms with Crippen LogP contribution < -0.4 is 5.48 Å². The van der Waals surface area contributed by atoms with Crippen molar-refractivity contribution in [2.75, 3.05) is 13.2 Å². The van der Waals surface area contributed by atoms with E-state index in [0.29, 0.717) is 0 Å². The van der Waals surface area contributed by atoms with Gasteiger partial charge in [0.2, 0.25) is 0 Å². The second-order valence-corrected chi connectivity index (χ2v) is 2.80. The highest BCUT2D eigenvalue weighted by atomic mass is 16.6. The lowest BCUT2D eigenvalue weighted by Crippen LogP contribution is -2.15. The molecule has 0 saturated heterocycles. The first-order chi connectivity index (χ1) is 5.41. The molecule has 11 heavy (non-hydrogen) atoms. The summed E-state index contributed by atoms with van der Waals surface area (Å²) in [4.78, 5) is 5.17. The van der Waals surface area contributed by atoms with Gasteiger partial charge >= 0.3 is 0 Å². The fraction of sp³-hybridized carbons (Fsp3) is 1.00. The van der Waals surface area contributed by atoms with Gasteiger partial charge in [0.05, 0.1) is 6.61 Å². The van der Waals surface area contributed by atoms with Crippen molar-refractivity contribution in [3.05, 3.63) is 0 Å². The molecule has 2 heteroatoms. The Balaban J connectivity index is 2.69. The molecule has 0 amide bonds. The van der Waals surface area contributed by atoms with Crippen molar-refractivity contribution in [3.63, 3.8) is 0 Å². The Bertz CT molecular complexity index is 58.6. The van der Waals surface area contributed by atoms with Crippen LogP contribution in [0.25, 0.3) is 0 Å². The lowest BCUT2D eigenvalue weighted by atomic mass is 10.2. The number of hydrogen-bond donors (Lipinski definition) is 1. The number of rotatable bonds is 8. The first-order valence-corrected chi connectivity index (χ1v) is 4.76. The molecule has 0 unspecified atom stereocenters. The van der Waals surface area contributed by atoms with Crippen LogP contribution in [0.5, 0.6) is 0 Å². The van der Waals surface area contributed by atoms with Crippen LogP contribution in [0.4, 0.5) is 0 Å². The van der Waals surface area contributed by atoms with E-state index in [1.807, 2.05) is 0 Å². The SMILES string of the molecule is CCCCCCONCCC. The molecule has 0 saturated carbocycles. The molecule has 0 aromatic heterocycles. The molecule has 2 nitrogen and oxygen atoms in total. The van der Waals surface area contributed by atoms with E-state index in [1.165, 1.54) is 25.7 Å². The van der Waals surface area contributed by atoms with E-state index in [1.54, 1.807) is 0 Å². The minimum absolute atomic E-state index is 0.861. The van der Waals surface area contributed by atoms with Gasteiger partial charge in [0.15, 0.2) is 0 Å². The lowest BCUT2D eigenvalue weighted by molar-refractivity contribution is 0.0388. The van der Waals surface area contributed by atoms with Crippen molar-refractivity contribution >= 4 is 0 Å². The second-order valence-electron chi connectivity index (χ2n) is 2.80. The second kappa shape index (κ2) is 9.92. The van der Waals surface area contributed by atoms with E-state index in [4.69, 9.17) is 4.84 Å². The third kappa shape index (κ3) is 9.92. The van der Waals surface area contributed by atoms with Crippen molar-refractivity contribution in [1.82, 2.24) is 5.48 Å². The number of unbranched alkanes of at least 4 members (excludes halogenated alkanes) is 3. The summed E-state index contributed by atoms with van der Waals surface area (Å²) in [6.45, 7) is 6.18. The van der Waals surface area contributed by atoms with E-state index in [9.17, 15) is 0 Å². The molecule has 0 bridgehead atoms. The van der Waals surface area contributed by atoms with Gasteiger partial charge < -0.3 is 4.84 Å². The number of hydrogen-bond acceptors (Lipinski definition) is 2.